The molecule has 0 aliphatic carbocycles. The van der Waals surface area contributed by atoms with Gasteiger partial charge in [-0.25, -0.2) is 19.1 Å². The molecule has 3 aromatic carbocycles. The number of carbonyl (C=O) groups is 4. The first kappa shape index (κ1) is 55.2. The van der Waals surface area contributed by atoms with Crippen LogP contribution >= 0.6 is 35.3 Å². The van der Waals surface area contributed by atoms with Crippen LogP contribution in [0.2, 0.25) is 0 Å². The number of halogens is 3. The number of rotatable bonds is 28. The quantitative estimate of drug-likeness (QED) is 0.0132. The first-order valence-electron chi connectivity index (χ1n) is 22.2. The zero-order valence-corrected chi connectivity index (χ0v) is 41.4. The maximum absolute atomic E-state index is 13.3. The van der Waals surface area contributed by atoms with Crippen LogP contribution in [0, 0.1) is 0 Å². The van der Waals surface area contributed by atoms with E-state index in [9.17, 15) is 37.1 Å². The van der Waals surface area contributed by atoms with Gasteiger partial charge in [-0.15, -0.1) is 23.5 Å². The molecule has 1 aromatic heterocycles. The second kappa shape index (κ2) is 25.8. The molecule has 0 bridgehead atoms. The van der Waals surface area contributed by atoms with Gasteiger partial charge in [0.1, 0.15) is 11.0 Å². The molecule has 13 nitrogen and oxygen atoms in total. The van der Waals surface area contributed by atoms with E-state index in [1.807, 2.05) is 27.7 Å². The predicted molar refractivity (Wildman–Crippen MR) is 252 cm³/mol. The SMILES string of the molecule is CCCCOC(OCCCC)(OCCCC)C(C)(C=O)Sc1ccc(C(=O)OC(=O)C(C)(C)Sc2ccc(C(=O)OCc3nn(Cc4ccc(SC(F)(F)F)cc4)c(=O)n3CCC)cc2)cc1. The van der Waals surface area contributed by atoms with Crippen LogP contribution in [0.5, 0.6) is 0 Å². The van der Waals surface area contributed by atoms with Gasteiger partial charge in [0.2, 0.25) is 0 Å². The molecule has 1 atom stereocenters. The Hall–Kier alpha value is -4.40. The summed E-state index contributed by atoms with van der Waals surface area (Å²) < 4.78 is 67.9. The molecule has 1 heterocycles. The van der Waals surface area contributed by atoms with E-state index in [1.165, 1.54) is 69.5 Å². The molecule has 366 valence electrons. The van der Waals surface area contributed by atoms with Crippen LogP contribution in [0.3, 0.4) is 0 Å². The summed E-state index contributed by atoms with van der Waals surface area (Å²) in [5, 5.41) is 4.35. The molecule has 0 fully saturated rings. The third-order valence-corrected chi connectivity index (χ3v) is 13.2. The number of nitrogens with zero attached hydrogens (tertiary/aromatic N) is 3. The Morgan fingerprint density at radius 1 is 0.672 bits per heavy atom. The highest BCUT2D eigenvalue weighted by Crippen LogP contribution is 2.44. The normalized spacial score (nSPS) is 13.0. The molecule has 0 saturated heterocycles. The van der Waals surface area contributed by atoms with E-state index in [4.69, 9.17) is 23.7 Å². The molecular weight excluding hydrogens is 932 g/mol. The van der Waals surface area contributed by atoms with Crippen LogP contribution in [0.4, 0.5) is 13.2 Å². The lowest BCUT2D eigenvalue weighted by atomic mass is 10.1. The minimum absolute atomic E-state index is 0.00199. The number of alkyl halides is 3. The molecule has 4 rings (SSSR count). The molecule has 0 spiro atoms. The first-order valence-corrected chi connectivity index (χ1v) is 24.7. The van der Waals surface area contributed by atoms with Gasteiger partial charge in [0, 0.05) is 21.2 Å². The Balaban J connectivity index is 1.36. The number of benzene rings is 3. The molecule has 1 unspecified atom stereocenters. The van der Waals surface area contributed by atoms with Crippen molar-refractivity contribution >= 4 is 59.5 Å². The summed E-state index contributed by atoms with van der Waals surface area (Å²) in [6, 6.07) is 18.2. The number of ether oxygens (including phenoxy) is 5. The Kier molecular flexibility index (Phi) is 21.3. The van der Waals surface area contributed by atoms with Crippen LogP contribution in [-0.2, 0) is 53.0 Å². The van der Waals surface area contributed by atoms with Crippen LogP contribution in [0.25, 0.3) is 0 Å². The van der Waals surface area contributed by atoms with Gasteiger partial charge in [-0.1, -0.05) is 59.1 Å². The van der Waals surface area contributed by atoms with Crippen molar-refractivity contribution in [3.63, 3.8) is 0 Å². The Labute approximate surface area is 402 Å². The van der Waals surface area contributed by atoms with Crippen molar-refractivity contribution in [3.05, 3.63) is 106 Å². The lowest BCUT2D eigenvalue weighted by Gasteiger charge is -2.43. The fraction of sp³-hybridized carbons (Fsp3) is 0.500. The van der Waals surface area contributed by atoms with E-state index in [-0.39, 0.29) is 46.8 Å². The van der Waals surface area contributed by atoms with E-state index >= 15 is 0 Å². The minimum Gasteiger partial charge on any atom is -0.454 e. The molecule has 4 aromatic rings. The lowest BCUT2D eigenvalue weighted by molar-refractivity contribution is -0.388. The van der Waals surface area contributed by atoms with E-state index < -0.39 is 44.6 Å². The number of esters is 3. The largest absolute Gasteiger partial charge is 0.454 e. The van der Waals surface area contributed by atoms with Crippen molar-refractivity contribution < 1.29 is 56.0 Å². The number of unbranched alkanes of at least 4 members (excludes halogenated alkanes) is 3. The smallest absolute Gasteiger partial charge is 0.446 e. The van der Waals surface area contributed by atoms with Gasteiger partial charge in [-0.3, -0.25) is 9.36 Å². The Morgan fingerprint density at radius 2 is 1.15 bits per heavy atom. The third-order valence-electron chi connectivity index (χ3n) is 10.0. The van der Waals surface area contributed by atoms with Gasteiger partial charge < -0.3 is 28.5 Å². The number of carbonyl (C=O) groups excluding carboxylic acids is 4. The van der Waals surface area contributed by atoms with Crippen molar-refractivity contribution in [1.29, 1.82) is 0 Å². The summed E-state index contributed by atoms with van der Waals surface area (Å²) in [4.78, 5) is 66.9. The number of hydrogen-bond acceptors (Lipinski definition) is 14. The molecule has 0 saturated carbocycles. The molecular formula is C48H60F3N3O10S3. The van der Waals surface area contributed by atoms with E-state index in [0.717, 1.165) is 56.6 Å². The summed E-state index contributed by atoms with van der Waals surface area (Å²) >= 11 is 2.07. The molecule has 0 radical (unpaired) electrons. The highest BCUT2D eigenvalue weighted by Gasteiger charge is 2.54. The molecule has 19 heteroatoms. The fourth-order valence-corrected chi connectivity index (χ4v) is 8.90. The maximum Gasteiger partial charge on any atom is 0.446 e. The van der Waals surface area contributed by atoms with Crippen molar-refractivity contribution in [1.82, 2.24) is 14.3 Å². The molecule has 0 aliphatic rings. The number of hydrogen-bond donors (Lipinski definition) is 0. The Morgan fingerprint density at radius 3 is 1.63 bits per heavy atom. The van der Waals surface area contributed by atoms with Gasteiger partial charge in [0.05, 0.1) is 37.5 Å². The topological polar surface area (TPSA) is 154 Å². The van der Waals surface area contributed by atoms with E-state index in [2.05, 4.69) is 5.10 Å². The van der Waals surface area contributed by atoms with E-state index in [1.54, 1.807) is 45.0 Å². The van der Waals surface area contributed by atoms with Crippen LogP contribution < -0.4 is 5.69 Å². The molecule has 0 N–H and O–H groups in total. The summed E-state index contributed by atoms with van der Waals surface area (Å²) in [6.45, 7) is 13.9. The van der Waals surface area contributed by atoms with E-state index in [0.29, 0.717) is 48.1 Å². The van der Waals surface area contributed by atoms with Gasteiger partial charge in [-0.2, -0.15) is 18.3 Å². The summed E-state index contributed by atoms with van der Waals surface area (Å²) in [6.07, 6.45) is 6.23. The first-order chi connectivity index (χ1) is 31.8. The van der Waals surface area contributed by atoms with Gasteiger partial charge in [-0.05, 0) is 124 Å². The Bertz CT molecular complexity index is 2260. The van der Waals surface area contributed by atoms with Crippen LogP contribution in [0.15, 0.2) is 92.3 Å². The fourth-order valence-electron chi connectivity index (χ4n) is 6.26. The van der Waals surface area contributed by atoms with Crippen molar-refractivity contribution in [3.8, 4) is 0 Å². The average molecular weight is 992 g/mol. The molecule has 0 amide bonds. The minimum atomic E-state index is -4.42. The van der Waals surface area contributed by atoms with Crippen LogP contribution in [0.1, 0.15) is 126 Å². The van der Waals surface area contributed by atoms with Gasteiger partial charge in [0.25, 0.3) is 0 Å². The molecule has 67 heavy (non-hydrogen) atoms. The predicted octanol–water partition coefficient (Wildman–Crippen LogP) is 10.9. The highest BCUT2D eigenvalue weighted by molar-refractivity contribution is 8.01. The summed E-state index contributed by atoms with van der Waals surface area (Å²) in [5.74, 6) is -3.80. The average Bonchev–Trinajstić information content (AvgIpc) is 3.58. The number of aromatic nitrogens is 3. The molecule has 0 aliphatic heterocycles. The zero-order valence-electron chi connectivity index (χ0n) is 39.0. The van der Waals surface area contributed by atoms with Crippen LogP contribution in [-0.4, -0.2) is 79.3 Å². The lowest BCUT2D eigenvalue weighted by Crippen LogP contribution is -2.57. The number of aldehydes is 1. The highest BCUT2D eigenvalue weighted by atomic mass is 32.2. The van der Waals surface area contributed by atoms with Crippen molar-refractivity contribution in [2.24, 2.45) is 0 Å². The second-order valence-corrected chi connectivity index (χ2v) is 20.5. The summed E-state index contributed by atoms with van der Waals surface area (Å²) in [7, 11) is 0. The summed E-state index contributed by atoms with van der Waals surface area (Å²) in [5.41, 5.74) is -4.00. The second-order valence-electron chi connectivity index (χ2n) is 16.1. The maximum atomic E-state index is 13.3. The van der Waals surface area contributed by atoms with Gasteiger partial charge in [0.15, 0.2) is 17.2 Å². The third kappa shape index (κ3) is 16.1. The van der Waals surface area contributed by atoms with Crippen molar-refractivity contribution in [2.75, 3.05) is 19.8 Å². The van der Waals surface area contributed by atoms with Crippen molar-refractivity contribution in [2.45, 2.75) is 149 Å². The monoisotopic (exact) mass is 991 g/mol. The zero-order chi connectivity index (χ0) is 49.3. The number of thioether (sulfide) groups is 3. The van der Waals surface area contributed by atoms with Gasteiger partial charge >= 0.3 is 35.1 Å². The standard InChI is InChI=1S/C48H60F3N3O10S3/c1-8-12-28-61-47(62-29-13-9-2,63-30-14-10-3)46(7,33-55)66-38-25-19-36(20-26-38)42(57)64-43(58)45(5,6)65-37-23-17-35(18-24-37)41(56)60-32-40-52-54(44(59)53(40)27-11-4)31-34-15-21-39(22-16-34)67-48(49,50)51/h15-26,33H,8-14,27-32H2,1-7H3.